The van der Waals surface area contributed by atoms with Gasteiger partial charge in [-0.3, -0.25) is 4.79 Å². The summed E-state index contributed by atoms with van der Waals surface area (Å²) in [6.07, 6.45) is 1.46. The Bertz CT molecular complexity index is 687. The number of nitrogens with zero attached hydrogens (tertiary/aromatic N) is 1. The minimum Gasteiger partial charge on any atom is -0.497 e. The first-order valence-corrected chi connectivity index (χ1v) is 6.78. The van der Waals surface area contributed by atoms with Gasteiger partial charge in [0.25, 0.3) is 5.91 Å². The van der Waals surface area contributed by atoms with E-state index in [4.69, 9.17) is 27.9 Å². The lowest BCUT2D eigenvalue weighted by Gasteiger charge is -2.03. The molecule has 0 fully saturated rings. The van der Waals surface area contributed by atoms with Crippen molar-refractivity contribution in [2.45, 2.75) is 0 Å². The number of halogens is 2. The highest BCUT2D eigenvalue weighted by Crippen LogP contribution is 2.19. The van der Waals surface area contributed by atoms with Gasteiger partial charge >= 0.3 is 0 Å². The summed E-state index contributed by atoms with van der Waals surface area (Å²) in [4.78, 5) is 11.9. The van der Waals surface area contributed by atoms with Gasteiger partial charge in [-0.1, -0.05) is 35.3 Å². The summed E-state index contributed by atoms with van der Waals surface area (Å²) < 4.78 is 5.06. The second kappa shape index (κ2) is 7.11. The maximum atomic E-state index is 11.9. The lowest BCUT2D eigenvalue weighted by Crippen LogP contribution is -2.17. The number of nitrogens with one attached hydrogen (secondary N) is 1. The van der Waals surface area contributed by atoms with Crippen molar-refractivity contribution in [2.75, 3.05) is 7.11 Å². The Labute approximate surface area is 132 Å². The van der Waals surface area contributed by atoms with E-state index >= 15 is 0 Å². The van der Waals surface area contributed by atoms with Gasteiger partial charge in [0, 0.05) is 16.1 Å². The zero-order chi connectivity index (χ0) is 15.2. The van der Waals surface area contributed by atoms with E-state index in [0.29, 0.717) is 26.9 Å². The molecule has 2 rings (SSSR count). The minimum atomic E-state index is -0.338. The number of carbonyl (C=O) groups excluding carboxylic acids is 1. The molecule has 21 heavy (non-hydrogen) atoms. The number of methoxy groups -OCH3 is 1. The first-order chi connectivity index (χ1) is 10.1. The number of ether oxygens (including phenoxy) is 1. The molecule has 0 saturated carbocycles. The topological polar surface area (TPSA) is 50.7 Å². The van der Waals surface area contributed by atoms with Crippen LogP contribution in [-0.2, 0) is 0 Å². The predicted molar refractivity (Wildman–Crippen MR) is 84.5 cm³/mol. The summed E-state index contributed by atoms with van der Waals surface area (Å²) >= 11 is 11.8. The molecule has 0 aliphatic carbocycles. The zero-order valence-corrected chi connectivity index (χ0v) is 12.7. The van der Waals surface area contributed by atoms with Crippen molar-refractivity contribution in [3.63, 3.8) is 0 Å². The van der Waals surface area contributed by atoms with Crippen LogP contribution in [0.15, 0.2) is 47.6 Å². The molecule has 1 N–H and O–H groups in total. The Morgan fingerprint density at radius 2 is 2.05 bits per heavy atom. The van der Waals surface area contributed by atoms with E-state index in [1.807, 2.05) is 0 Å². The summed E-state index contributed by atoms with van der Waals surface area (Å²) in [6, 6.07) is 11.8. The fourth-order valence-corrected chi connectivity index (χ4v) is 2.05. The minimum absolute atomic E-state index is 0.338. The van der Waals surface area contributed by atoms with E-state index in [1.165, 1.54) is 13.3 Å². The Morgan fingerprint density at radius 3 is 2.76 bits per heavy atom. The second-order valence-electron chi connectivity index (χ2n) is 4.10. The fraction of sp³-hybridized carbons (Fsp3) is 0.0667. The Kier molecular flexibility index (Phi) is 5.20. The van der Waals surface area contributed by atoms with Crippen molar-refractivity contribution in [2.24, 2.45) is 5.10 Å². The van der Waals surface area contributed by atoms with Crippen molar-refractivity contribution >= 4 is 35.3 Å². The molecule has 0 spiro atoms. The van der Waals surface area contributed by atoms with E-state index < -0.39 is 0 Å². The standard InChI is InChI=1S/C15H12Cl2N2O2/c1-21-13-4-2-3-10(7-13)15(20)19-18-9-11-5-6-12(16)8-14(11)17/h2-9H,1H3,(H,19,20)/b18-9-. The molecule has 0 aromatic heterocycles. The number of amides is 1. The van der Waals surface area contributed by atoms with Gasteiger partial charge < -0.3 is 4.74 Å². The summed E-state index contributed by atoms with van der Waals surface area (Å²) in [5.74, 6) is 0.266. The molecule has 2 aromatic carbocycles. The average Bonchev–Trinajstić information content (AvgIpc) is 2.49. The number of benzene rings is 2. The first kappa shape index (κ1) is 15.4. The van der Waals surface area contributed by atoms with Crippen molar-refractivity contribution < 1.29 is 9.53 Å². The van der Waals surface area contributed by atoms with Crippen LogP contribution in [0.4, 0.5) is 0 Å². The third-order valence-electron chi connectivity index (χ3n) is 2.66. The van der Waals surface area contributed by atoms with Gasteiger partial charge in [-0.15, -0.1) is 0 Å². The number of hydrogen-bond acceptors (Lipinski definition) is 3. The molecule has 108 valence electrons. The lowest BCUT2D eigenvalue weighted by molar-refractivity contribution is 0.0955. The van der Waals surface area contributed by atoms with Crippen LogP contribution in [0, 0.1) is 0 Å². The van der Waals surface area contributed by atoms with E-state index in [9.17, 15) is 4.79 Å². The molecular weight excluding hydrogens is 311 g/mol. The molecule has 0 heterocycles. The molecule has 0 saturated heterocycles. The van der Waals surface area contributed by atoms with Crippen LogP contribution >= 0.6 is 23.2 Å². The van der Waals surface area contributed by atoms with Crippen LogP contribution in [0.2, 0.25) is 10.0 Å². The number of hydrazone groups is 1. The number of carbonyl (C=O) groups is 1. The quantitative estimate of drug-likeness (QED) is 0.688. The van der Waals surface area contributed by atoms with Gasteiger partial charge in [0.15, 0.2) is 0 Å². The maximum absolute atomic E-state index is 11.9. The van der Waals surface area contributed by atoms with E-state index in [-0.39, 0.29) is 5.91 Å². The molecule has 6 heteroatoms. The SMILES string of the molecule is COc1cccc(C(=O)N/N=C\c2ccc(Cl)cc2Cl)c1. The van der Waals surface area contributed by atoms with E-state index in [0.717, 1.165) is 0 Å². The van der Waals surface area contributed by atoms with Crippen molar-refractivity contribution in [1.29, 1.82) is 0 Å². The monoisotopic (exact) mass is 322 g/mol. The molecule has 0 aliphatic heterocycles. The number of rotatable bonds is 4. The highest BCUT2D eigenvalue weighted by atomic mass is 35.5. The molecule has 4 nitrogen and oxygen atoms in total. The largest absolute Gasteiger partial charge is 0.497 e. The van der Waals surface area contributed by atoms with Gasteiger partial charge in [0.05, 0.1) is 18.3 Å². The molecule has 1 amide bonds. The second-order valence-corrected chi connectivity index (χ2v) is 4.94. The van der Waals surface area contributed by atoms with Gasteiger partial charge in [-0.25, -0.2) is 5.43 Å². The summed E-state index contributed by atoms with van der Waals surface area (Å²) in [5, 5.41) is 4.87. The van der Waals surface area contributed by atoms with E-state index in [2.05, 4.69) is 10.5 Å². The molecule has 0 radical (unpaired) electrons. The smallest absolute Gasteiger partial charge is 0.271 e. The maximum Gasteiger partial charge on any atom is 0.271 e. The molecular formula is C15H12Cl2N2O2. The Morgan fingerprint density at radius 1 is 1.24 bits per heavy atom. The van der Waals surface area contributed by atoms with Crippen LogP contribution in [0.25, 0.3) is 0 Å². The van der Waals surface area contributed by atoms with Crippen LogP contribution in [0.1, 0.15) is 15.9 Å². The van der Waals surface area contributed by atoms with E-state index in [1.54, 1.807) is 42.5 Å². The molecule has 2 aromatic rings. The van der Waals surface area contributed by atoms with Crippen LogP contribution in [-0.4, -0.2) is 19.2 Å². The zero-order valence-electron chi connectivity index (χ0n) is 11.1. The van der Waals surface area contributed by atoms with Crippen LogP contribution < -0.4 is 10.2 Å². The Balaban J connectivity index is 2.04. The van der Waals surface area contributed by atoms with Crippen molar-refractivity contribution in [3.05, 3.63) is 63.6 Å². The van der Waals surface area contributed by atoms with Gasteiger partial charge in [0.2, 0.25) is 0 Å². The van der Waals surface area contributed by atoms with Crippen molar-refractivity contribution in [1.82, 2.24) is 5.43 Å². The third-order valence-corrected chi connectivity index (χ3v) is 3.23. The van der Waals surface area contributed by atoms with Crippen LogP contribution in [0.5, 0.6) is 5.75 Å². The normalized spacial score (nSPS) is 10.6. The Hall–Kier alpha value is -2.04. The third kappa shape index (κ3) is 4.21. The molecule has 0 bridgehead atoms. The lowest BCUT2D eigenvalue weighted by atomic mass is 10.2. The van der Waals surface area contributed by atoms with Crippen LogP contribution in [0.3, 0.4) is 0 Å². The summed E-state index contributed by atoms with van der Waals surface area (Å²) in [7, 11) is 1.54. The molecule has 0 unspecified atom stereocenters. The predicted octanol–water partition coefficient (Wildman–Crippen LogP) is 3.77. The summed E-state index contributed by atoms with van der Waals surface area (Å²) in [5.41, 5.74) is 3.54. The molecule has 0 aliphatic rings. The average molecular weight is 323 g/mol. The fourth-order valence-electron chi connectivity index (χ4n) is 1.60. The van der Waals surface area contributed by atoms with Gasteiger partial charge in [-0.05, 0) is 30.3 Å². The summed E-state index contributed by atoms with van der Waals surface area (Å²) in [6.45, 7) is 0. The van der Waals surface area contributed by atoms with Crippen molar-refractivity contribution in [3.8, 4) is 5.75 Å². The van der Waals surface area contributed by atoms with Gasteiger partial charge in [-0.2, -0.15) is 5.10 Å². The molecule has 0 atom stereocenters. The highest BCUT2D eigenvalue weighted by molar-refractivity contribution is 6.36. The highest BCUT2D eigenvalue weighted by Gasteiger charge is 2.05. The first-order valence-electron chi connectivity index (χ1n) is 6.02. The van der Waals surface area contributed by atoms with Gasteiger partial charge in [0.1, 0.15) is 5.75 Å². The number of hydrogen-bond donors (Lipinski definition) is 1.